The normalized spacial score (nSPS) is 16.1. The molecule has 1 aliphatic carbocycles. The molecule has 7 rings (SSSR count). The Kier molecular flexibility index (Phi) is 4.59. The van der Waals surface area contributed by atoms with Crippen LogP contribution in [0.15, 0.2) is 78.9 Å². The first-order valence-corrected chi connectivity index (χ1v) is 13.4. The van der Waals surface area contributed by atoms with E-state index in [0.29, 0.717) is 6.71 Å². The standard InChI is InChI=1S/C33H32BN/c1-4-5-11-22-16-19-26-29(20-22)34-28-14-9-10-15-30(28)35(24-12-7-6-8-13-24)32-25-18-17-23(25)21-27(31(32)34)33(26,2)3/h6-10,12-16,19-21H,4-5,11,17-18H2,1-3H3. The molecule has 0 fully saturated rings. The van der Waals surface area contributed by atoms with Crippen molar-refractivity contribution >= 4 is 40.2 Å². The van der Waals surface area contributed by atoms with Crippen LogP contribution in [0.2, 0.25) is 0 Å². The van der Waals surface area contributed by atoms with Gasteiger partial charge in [0.2, 0.25) is 6.71 Å². The lowest BCUT2D eigenvalue weighted by molar-refractivity contribution is 0.640. The highest BCUT2D eigenvalue weighted by Crippen LogP contribution is 2.47. The predicted octanol–water partition coefficient (Wildman–Crippen LogP) is 6.07. The minimum Gasteiger partial charge on any atom is -0.311 e. The molecule has 3 aliphatic rings. The van der Waals surface area contributed by atoms with Crippen molar-refractivity contribution in [3.05, 3.63) is 107 Å². The number of rotatable bonds is 4. The highest BCUT2D eigenvalue weighted by molar-refractivity contribution is 6.99. The van der Waals surface area contributed by atoms with Gasteiger partial charge in [-0.3, -0.25) is 0 Å². The van der Waals surface area contributed by atoms with E-state index in [2.05, 4.69) is 105 Å². The molecule has 35 heavy (non-hydrogen) atoms. The third-order valence-corrected chi connectivity index (χ3v) is 8.79. The SMILES string of the molecule is CCCCc1ccc2c(c1)B1c3ccccc3N(c3ccccc3)c3c4c(cc(c31)C2(C)C)CC4. The Morgan fingerprint density at radius 2 is 1.63 bits per heavy atom. The molecule has 1 nitrogen and oxygen atoms in total. The van der Waals surface area contributed by atoms with Gasteiger partial charge in [-0.15, -0.1) is 0 Å². The van der Waals surface area contributed by atoms with Crippen LogP contribution >= 0.6 is 0 Å². The monoisotopic (exact) mass is 453 g/mol. The minimum atomic E-state index is -0.0154. The second-order valence-electron chi connectivity index (χ2n) is 11.1. The predicted molar refractivity (Wildman–Crippen MR) is 150 cm³/mol. The maximum atomic E-state index is 2.57. The van der Waals surface area contributed by atoms with Gasteiger partial charge in [0.05, 0.1) is 0 Å². The third-order valence-electron chi connectivity index (χ3n) is 8.79. The molecule has 0 unspecified atom stereocenters. The van der Waals surface area contributed by atoms with Gasteiger partial charge in [-0.25, -0.2) is 0 Å². The van der Waals surface area contributed by atoms with Crippen LogP contribution in [0.1, 0.15) is 61.4 Å². The maximum absolute atomic E-state index is 2.57. The second kappa shape index (κ2) is 7.62. The fourth-order valence-electron chi connectivity index (χ4n) is 6.91. The summed E-state index contributed by atoms with van der Waals surface area (Å²) in [4.78, 5) is 2.57. The number of aryl methyl sites for hydroxylation is 2. The summed E-state index contributed by atoms with van der Waals surface area (Å²) >= 11 is 0. The summed E-state index contributed by atoms with van der Waals surface area (Å²) in [6.45, 7) is 7.48. The van der Waals surface area contributed by atoms with Gasteiger partial charge in [-0.05, 0) is 82.6 Å². The van der Waals surface area contributed by atoms with Crippen LogP contribution in [0, 0.1) is 0 Å². The lowest BCUT2D eigenvalue weighted by Gasteiger charge is -2.48. The van der Waals surface area contributed by atoms with Crippen molar-refractivity contribution in [3.63, 3.8) is 0 Å². The van der Waals surface area contributed by atoms with E-state index < -0.39 is 0 Å². The van der Waals surface area contributed by atoms with E-state index in [1.54, 1.807) is 16.6 Å². The van der Waals surface area contributed by atoms with Crippen LogP contribution in [0.3, 0.4) is 0 Å². The van der Waals surface area contributed by atoms with Crippen molar-refractivity contribution in [2.24, 2.45) is 0 Å². The second-order valence-corrected chi connectivity index (χ2v) is 11.1. The molecule has 2 heteroatoms. The number of fused-ring (bicyclic) bond motifs is 6. The summed E-state index contributed by atoms with van der Waals surface area (Å²) in [5.41, 5.74) is 16.2. The molecule has 0 saturated carbocycles. The van der Waals surface area contributed by atoms with E-state index in [1.165, 1.54) is 76.8 Å². The highest BCUT2D eigenvalue weighted by Gasteiger charge is 2.47. The number of para-hydroxylation sites is 2. The van der Waals surface area contributed by atoms with Crippen LogP contribution < -0.4 is 21.3 Å². The zero-order valence-corrected chi connectivity index (χ0v) is 21.1. The van der Waals surface area contributed by atoms with Crippen molar-refractivity contribution in [3.8, 4) is 0 Å². The number of anilines is 3. The van der Waals surface area contributed by atoms with E-state index >= 15 is 0 Å². The molecule has 0 N–H and O–H groups in total. The number of hydrogen-bond donors (Lipinski definition) is 0. The molecule has 0 saturated heterocycles. The lowest BCUT2D eigenvalue weighted by atomic mass is 9.29. The quantitative estimate of drug-likeness (QED) is 0.299. The van der Waals surface area contributed by atoms with Crippen molar-refractivity contribution in [1.29, 1.82) is 0 Å². The summed E-state index contributed by atoms with van der Waals surface area (Å²) in [6, 6.07) is 30.1. The van der Waals surface area contributed by atoms with Gasteiger partial charge in [-0.2, -0.15) is 0 Å². The molecule has 0 aromatic heterocycles. The molecule has 2 aliphatic heterocycles. The smallest absolute Gasteiger partial charge is 0.247 e. The first-order valence-electron chi connectivity index (χ1n) is 13.4. The van der Waals surface area contributed by atoms with Crippen LogP contribution in [0.4, 0.5) is 17.1 Å². The molecule has 0 amide bonds. The zero-order chi connectivity index (χ0) is 23.7. The first kappa shape index (κ1) is 21.1. The van der Waals surface area contributed by atoms with Gasteiger partial charge in [0.25, 0.3) is 0 Å². The molecule has 4 aromatic carbocycles. The topological polar surface area (TPSA) is 3.24 Å². The van der Waals surface area contributed by atoms with E-state index in [4.69, 9.17) is 0 Å². The van der Waals surface area contributed by atoms with Crippen molar-refractivity contribution in [1.82, 2.24) is 0 Å². The van der Waals surface area contributed by atoms with E-state index in [-0.39, 0.29) is 5.41 Å². The summed E-state index contributed by atoms with van der Waals surface area (Å²) in [6.07, 6.45) is 6.03. The largest absolute Gasteiger partial charge is 0.311 e. The van der Waals surface area contributed by atoms with E-state index in [1.807, 2.05) is 0 Å². The molecule has 0 atom stereocenters. The van der Waals surface area contributed by atoms with Gasteiger partial charge < -0.3 is 4.90 Å². The van der Waals surface area contributed by atoms with Crippen LogP contribution in [-0.2, 0) is 24.7 Å². The maximum Gasteiger partial charge on any atom is 0.247 e. The number of nitrogens with zero attached hydrogens (tertiary/aromatic N) is 1. The molecule has 0 spiro atoms. The fraction of sp³-hybridized carbons (Fsp3) is 0.273. The molecule has 4 aromatic rings. The van der Waals surface area contributed by atoms with Gasteiger partial charge in [0, 0.05) is 22.5 Å². The number of hydrogen-bond acceptors (Lipinski definition) is 1. The van der Waals surface area contributed by atoms with Crippen molar-refractivity contribution in [2.45, 2.75) is 58.3 Å². The molecule has 0 bridgehead atoms. The Bertz CT molecular complexity index is 1470. The Labute approximate surface area is 209 Å². The zero-order valence-electron chi connectivity index (χ0n) is 21.1. The summed E-state index contributed by atoms with van der Waals surface area (Å²) in [5.74, 6) is 0. The Morgan fingerprint density at radius 3 is 2.40 bits per heavy atom. The van der Waals surface area contributed by atoms with Crippen LogP contribution in [-0.4, -0.2) is 6.71 Å². The molecule has 172 valence electrons. The van der Waals surface area contributed by atoms with Crippen molar-refractivity contribution < 1.29 is 0 Å². The molecule has 0 radical (unpaired) electrons. The van der Waals surface area contributed by atoms with E-state index in [0.717, 1.165) is 0 Å². The molecule has 2 heterocycles. The first-order chi connectivity index (χ1) is 17.1. The Hall–Kier alpha value is -3.26. The number of benzene rings is 4. The summed E-state index contributed by atoms with van der Waals surface area (Å²) in [7, 11) is 0. The Morgan fingerprint density at radius 1 is 0.829 bits per heavy atom. The van der Waals surface area contributed by atoms with Gasteiger partial charge in [0.15, 0.2) is 0 Å². The summed E-state index contributed by atoms with van der Waals surface area (Å²) < 4.78 is 0. The van der Waals surface area contributed by atoms with Crippen LogP contribution in [0.5, 0.6) is 0 Å². The minimum absolute atomic E-state index is 0.0154. The number of unbranched alkanes of at least 4 members (excludes halogenated alkanes) is 1. The Balaban J connectivity index is 1.57. The average Bonchev–Trinajstić information content (AvgIpc) is 2.86. The van der Waals surface area contributed by atoms with Crippen molar-refractivity contribution in [2.75, 3.05) is 4.90 Å². The van der Waals surface area contributed by atoms with E-state index in [9.17, 15) is 0 Å². The molecular weight excluding hydrogens is 421 g/mol. The summed E-state index contributed by atoms with van der Waals surface area (Å²) in [5, 5.41) is 0. The third kappa shape index (κ3) is 2.89. The van der Waals surface area contributed by atoms with Gasteiger partial charge in [-0.1, -0.05) is 93.3 Å². The van der Waals surface area contributed by atoms with Gasteiger partial charge >= 0.3 is 0 Å². The fourth-order valence-corrected chi connectivity index (χ4v) is 6.91. The van der Waals surface area contributed by atoms with Crippen LogP contribution in [0.25, 0.3) is 0 Å². The lowest BCUT2D eigenvalue weighted by Crippen LogP contribution is -2.64. The average molecular weight is 453 g/mol. The highest BCUT2D eigenvalue weighted by atomic mass is 15.2. The van der Waals surface area contributed by atoms with Gasteiger partial charge in [0.1, 0.15) is 0 Å². The molecular formula is C33H32BN.